The Morgan fingerprint density at radius 2 is 1.85 bits per heavy atom. The summed E-state index contributed by atoms with van der Waals surface area (Å²) in [6, 6.07) is 8.53. The van der Waals surface area contributed by atoms with Gasteiger partial charge >= 0.3 is 0 Å². The number of hydrogen-bond donors (Lipinski definition) is 0. The topological polar surface area (TPSA) is 40.0 Å². The first-order valence-corrected chi connectivity index (χ1v) is 10.7. The van der Waals surface area contributed by atoms with E-state index in [1.807, 2.05) is 0 Å². The molecule has 27 heavy (non-hydrogen) atoms. The van der Waals surface area contributed by atoms with E-state index in [4.69, 9.17) is 19.2 Å². The molecule has 0 spiro atoms. The van der Waals surface area contributed by atoms with Crippen LogP contribution in [0.2, 0.25) is 0 Å². The lowest BCUT2D eigenvalue weighted by Gasteiger charge is -2.35. The second-order valence-corrected chi connectivity index (χ2v) is 8.29. The van der Waals surface area contributed by atoms with Gasteiger partial charge in [0.25, 0.3) is 0 Å². The van der Waals surface area contributed by atoms with Crippen LogP contribution in [0.1, 0.15) is 77.2 Å². The minimum atomic E-state index is -0.268. The molecule has 0 saturated carbocycles. The van der Waals surface area contributed by atoms with Crippen molar-refractivity contribution >= 4 is 5.90 Å². The Morgan fingerprint density at radius 1 is 1.07 bits per heavy atom. The SMILES string of the molecule is CCCCCC[C@H]1CO[C@H](c2ccc(C3=N[C@H](C(C)C)CO3)cc2)O[C@@H]1C. The van der Waals surface area contributed by atoms with Gasteiger partial charge in [0.2, 0.25) is 5.90 Å². The molecule has 0 bridgehead atoms. The van der Waals surface area contributed by atoms with E-state index < -0.39 is 0 Å². The number of hydrogen-bond acceptors (Lipinski definition) is 4. The van der Waals surface area contributed by atoms with E-state index in [1.54, 1.807) is 0 Å². The van der Waals surface area contributed by atoms with Crippen molar-refractivity contribution in [2.75, 3.05) is 13.2 Å². The zero-order chi connectivity index (χ0) is 19.2. The lowest BCUT2D eigenvalue weighted by atomic mass is 9.95. The summed E-state index contributed by atoms with van der Waals surface area (Å²) in [6.45, 7) is 10.3. The molecule has 0 N–H and O–H groups in total. The fraction of sp³-hybridized carbons (Fsp3) is 0.696. The highest BCUT2D eigenvalue weighted by atomic mass is 16.7. The number of nitrogens with zero attached hydrogens (tertiary/aromatic N) is 1. The molecule has 1 fully saturated rings. The molecular formula is C23H35NO3. The second-order valence-electron chi connectivity index (χ2n) is 8.29. The Morgan fingerprint density at radius 3 is 2.48 bits per heavy atom. The molecule has 2 heterocycles. The van der Waals surface area contributed by atoms with Gasteiger partial charge in [-0.3, -0.25) is 0 Å². The lowest BCUT2D eigenvalue weighted by molar-refractivity contribution is -0.237. The first kappa shape index (κ1) is 20.3. The maximum atomic E-state index is 6.17. The van der Waals surface area contributed by atoms with Crippen molar-refractivity contribution in [2.45, 2.75) is 78.2 Å². The monoisotopic (exact) mass is 373 g/mol. The van der Waals surface area contributed by atoms with E-state index in [0.29, 0.717) is 18.4 Å². The summed E-state index contributed by atoms with van der Waals surface area (Å²) in [5.41, 5.74) is 2.09. The van der Waals surface area contributed by atoms with Crippen LogP contribution in [-0.4, -0.2) is 31.3 Å². The predicted molar refractivity (Wildman–Crippen MR) is 109 cm³/mol. The van der Waals surface area contributed by atoms with Crippen molar-refractivity contribution in [1.29, 1.82) is 0 Å². The fourth-order valence-electron chi connectivity index (χ4n) is 3.69. The molecule has 4 atom stereocenters. The minimum absolute atomic E-state index is 0.236. The molecule has 150 valence electrons. The minimum Gasteiger partial charge on any atom is -0.475 e. The van der Waals surface area contributed by atoms with Gasteiger partial charge < -0.3 is 14.2 Å². The lowest BCUT2D eigenvalue weighted by Crippen LogP contribution is -2.34. The summed E-state index contributed by atoms with van der Waals surface area (Å²) in [5, 5.41) is 0. The molecule has 2 aliphatic rings. The maximum Gasteiger partial charge on any atom is 0.216 e. The van der Waals surface area contributed by atoms with Crippen LogP contribution in [0.15, 0.2) is 29.3 Å². The average Bonchev–Trinajstić information content (AvgIpc) is 3.17. The molecule has 1 aromatic rings. The molecule has 3 rings (SSSR count). The number of ether oxygens (including phenoxy) is 3. The highest BCUT2D eigenvalue weighted by Crippen LogP contribution is 2.32. The Balaban J connectivity index is 1.53. The van der Waals surface area contributed by atoms with E-state index in [9.17, 15) is 0 Å². The molecule has 0 aromatic heterocycles. The van der Waals surface area contributed by atoms with Gasteiger partial charge in [-0.2, -0.15) is 0 Å². The zero-order valence-electron chi connectivity index (χ0n) is 17.3. The third kappa shape index (κ3) is 5.32. The molecule has 4 heteroatoms. The van der Waals surface area contributed by atoms with E-state index in [-0.39, 0.29) is 18.4 Å². The van der Waals surface area contributed by atoms with Gasteiger partial charge in [-0.25, -0.2) is 4.99 Å². The largest absolute Gasteiger partial charge is 0.475 e. The number of benzene rings is 1. The zero-order valence-corrected chi connectivity index (χ0v) is 17.3. The quantitative estimate of drug-likeness (QED) is 0.564. The Kier molecular flexibility index (Phi) is 7.31. The van der Waals surface area contributed by atoms with Crippen molar-refractivity contribution in [2.24, 2.45) is 16.8 Å². The van der Waals surface area contributed by atoms with Crippen LogP contribution in [-0.2, 0) is 14.2 Å². The standard InChI is InChI=1S/C23H35NO3/c1-5-6-7-8-9-20-14-26-23(27-17(20)4)19-12-10-18(11-13-19)22-24-21(15-25-22)16(2)3/h10-13,16-17,20-21,23H,5-9,14-15H2,1-4H3/t17-,20+,21+,23+/m1/s1. The molecule has 4 nitrogen and oxygen atoms in total. The van der Waals surface area contributed by atoms with Gasteiger partial charge in [0.15, 0.2) is 6.29 Å². The molecule has 1 saturated heterocycles. The Labute approximate surface area is 164 Å². The first-order chi connectivity index (χ1) is 13.1. The van der Waals surface area contributed by atoms with E-state index in [0.717, 1.165) is 23.6 Å². The molecule has 0 radical (unpaired) electrons. The number of rotatable bonds is 8. The van der Waals surface area contributed by atoms with Crippen molar-refractivity contribution in [3.8, 4) is 0 Å². The van der Waals surface area contributed by atoms with Crippen molar-refractivity contribution < 1.29 is 14.2 Å². The number of unbranched alkanes of at least 4 members (excludes halogenated alkanes) is 3. The van der Waals surface area contributed by atoms with Gasteiger partial charge in [-0.15, -0.1) is 0 Å². The van der Waals surface area contributed by atoms with Crippen LogP contribution >= 0.6 is 0 Å². The summed E-state index contributed by atoms with van der Waals surface area (Å²) in [6.07, 6.45) is 6.35. The van der Waals surface area contributed by atoms with Gasteiger partial charge in [0.1, 0.15) is 6.61 Å². The molecule has 0 amide bonds. The van der Waals surface area contributed by atoms with Crippen LogP contribution in [0, 0.1) is 11.8 Å². The third-order valence-electron chi connectivity index (χ3n) is 5.77. The fourth-order valence-corrected chi connectivity index (χ4v) is 3.69. The molecular weight excluding hydrogens is 338 g/mol. The van der Waals surface area contributed by atoms with Gasteiger partial charge in [-0.05, 0) is 31.4 Å². The number of aliphatic imine (C=N–C) groups is 1. The summed E-state index contributed by atoms with van der Waals surface area (Å²) < 4.78 is 18.0. The van der Waals surface area contributed by atoms with Crippen LogP contribution in [0.5, 0.6) is 0 Å². The van der Waals surface area contributed by atoms with Gasteiger partial charge in [0, 0.05) is 17.0 Å². The van der Waals surface area contributed by atoms with Crippen molar-refractivity contribution in [3.05, 3.63) is 35.4 Å². The first-order valence-electron chi connectivity index (χ1n) is 10.7. The normalized spacial score (nSPS) is 28.3. The van der Waals surface area contributed by atoms with Crippen LogP contribution in [0.4, 0.5) is 0 Å². The van der Waals surface area contributed by atoms with E-state index in [1.165, 1.54) is 32.1 Å². The molecule has 0 aliphatic carbocycles. The van der Waals surface area contributed by atoms with Crippen molar-refractivity contribution in [3.63, 3.8) is 0 Å². The highest BCUT2D eigenvalue weighted by molar-refractivity contribution is 5.95. The van der Waals surface area contributed by atoms with E-state index in [2.05, 4.69) is 52.0 Å². The van der Waals surface area contributed by atoms with Crippen LogP contribution in [0.3, 0.4) is 0 Å². The van der Waals surface area contributed by atoms with Crippen LogP contribution < -0.4 is 0 Å². The smallest absolute Gasteiger partial charge is 0.216 e. The molecule has 0 unspecified atom stereocenters. The average molecular weight is 374 g/mol. The maximum absolute atomic E-state index is 6.17. The summed E-state index contributed by atoms with van der Waals surface area (Å²) >= 11 is 0. The third-order valence-corrected chi connectivity index (χ3v) is 5.77. The van der Waals surface area contributed by atoms with Crippen LogP contribution in [0.25, 0.3) is 0 Å². The summed E-state index contributed by atoms with van der Waals surface area (Å²) in [5.74, 6) is 1.76. The van der Waals surface area contributed by atoms with Gasteiger partial charge in [0.05, 0.1) is 18.8 Å². The second kappa shape index (κ2) is 9.70. The summed E-state index contributed by atoms with van der Waals surface area (Å²) in [4.78, 5) is 4.70. The Bertz CT molecular complexity index is 611. The predicted octanol–water partition coefficient (Wildman–Crippen LogP) is 5.51. The highest BCUT2D eigenvalue weighted by Gasteiger charge is 2.29. The van der Waals surface area contributed by atoms with Gasteiger partial charge in [-0.1, -0.05) is 58.6 Å². The van der Waals surface area contributed by atoms with Crippen molar-refractivity contribution in [1.82, 2.24) is 0 Å². The molecule has 2 aliphatic heterocycles. The summed E-state index contributed by atoms with van der Waals surface area (Å²) in [7, 11) is 0. The Hall–Kier alpha value is -1.39. The molecule has 1 aromatic carbocycles. The van der Waals surface area contributed by atoms with E-state index >= 15 is 0 Å².